The van der Waals surface area contributed by atoms with Crippen molar-refractivity contribution in [3.05, 3.63) is 34.6 Å². The average molecular weight is 367 g/mol. The highest BCUT2D eigenvalue weighted by molar-refractivity contribution is 6.31. The SMILES string of the molecule is O=C1CCC(CNCC(c2ccc(F)cc2Cl)C(F)(F)F)C(=O)N1. The summed E-state index contributed by atoms with van der Waals surface area (Å²) in [4.78, 5) is 22.6. The highest BCUT2D eigenvalue weighted by atomic mass is 35.5. The summed E-state index contributed by atoms with van der Waals surface area (Å²) in [6, 6.07) is 2.75. The summed E-state index contributed by atoms with van der Waals surface area (Å²) in [5.41, 5.74) is -0.235. The van der Waals surface area contributed by atoms with Crippen molar-refractivity contribution in [1.29, 1.82) is 0 Å². The first-order chi connectivity index (χ1) is 11.2. The van der Waals surface area contributed by atoms with Crippen LogP contribution in [0.1, 0.15) is 24.3 Å². The second-order valence-electron chi connectivity index (χ2n) is 5.57. The maximum atomic E-state index is 13.3. The Balaban J connectivity index is 2.02. The van der Waals surface area contributed by atoms with Crippen molar-refractivity contribution in [1.82, 2.24) is 10.6 Å². The van der Waals surface area contributed by atoms with Gasteiger partial charge in [-0.05, 0) is 24.1 Å². The Kier molecular flexibility index (Phi) is 5.82. The number of benzene rings is 1. The summed E-state index contributed by atoms with van der Waals surface area (Å²) in [5.74, 6) is -4.11. The van der Waals surface area contributed by atoms with Gasteiger partial charge in [0.25, 0.3) is 0 Å². The van der Waals surface area contributed by atoms with E-state index >= 15 is 0 Å². The van der Waals surface area contributed by atoms with E-state index in [1.807, 2.05) is 0 Å². The van der Waals surface area contributed by atoms with E-state index in [0.717, 1.165) is 18.2 Å². The van der Waals surface area contributed by atoms with E-state index in [4.69, 9.17) is 11.6 Å². The van der Waals surface area contributed by atoms with E-state index < -0.39 is 36.3 Å². The molecule has 1 aliphatic rings. The predicted octanol–water partition coefficient (Wildman–Crippen LogP) is 2.77. The van der Waals surface area contributed by atoms with Gasteiger partial charge in [-0.1, -0.05) is 17.7 Å². The largest absolute Gasteiger partial charge is 0.397 e. The predicted molar refractivity (Wildman–Crippen MR) is 78.9 cm³/mol. The molecule has 2 atom stereocenters. The highest BCUT2D eigenvalue weighted by Gasteiger charge is 2.41. The molecule has 0 radical (unpaired) electrons. The van der Waals surface area contributed by atoms with Crippen LogP contribution in [0, 0.1) is 11.7 Å². The van der Waals surface area contributed by atoms with Crippen molar-refractivity contribution in [2.24, 2.45) is 5.92 Å². The molecule has 2 amide bonds. The number of piperidine rings is 1. The lowest BCUT2D eigenvalue weighted by Gasteiger charge is -2.25. The van der Waals surface area contributed by atoms with Gasteiger partial charge >= 0.3 is 6.18 Å². The number of nitrogens with one attached hydrogen (secondary N) is 2. The minimum Gasteiger partial charge on any atom is -0.315 e. The highest BCUT2D eigenvalue weighted by Crippen LogP contribution is 2.37. The molecule has 24 heavy (non-hydrogen) atoms. The van der Waals surface area contributed by atoms with E-state index in [1.165, 1.54) is 0 Å². The van der Waals surface area contributed by atoms with Gasteiger partial charge in [-0.2, -0.15) is 13.2 Å². The number of hydrogen-bond acceptors (Lipinski definition) is 3. The Labute approximate surface area is 140 Å². The molecular formula is C15H15ClF4N2O2. The third-order valence-electron chi connectivity index (χ3n) is 3.83. The monoisotopic (exact) mass is 366 g/mol. The van der Waals surface area contributed by atoms with Crippen LogP contribution in [-0.4, -0.2) is 31.1 Å². The van der Waals surface area contributed by atoms with Gasteiger partial charge in [-0.25, -0.2) is 4.39 Å². The lowest BCUT2D eigenvalue weighted by atomic mass is 9.96. The van der Waals surface area contributed by atoms with Crippen LogP contribution in [0.3, 0.4) is 0 Å². The zero-order valence-corrected chi connectivity index (χ0v) is 13.2. The summed E-state index contributed by atoms with van der Waals surface area (Å²) in [5, 5.41) is 4.44. The number of carbonyl (C=O) groups is 2. The van der Waals surface area contributed by atoms with E-state index in [0.29, 0.717) is 0 Å². The Morgan fingerprint density at radius 3 is 2.62 bits per heavy atom. The number of alkyl halides is 3. The smallest absolute Gasteiger partial charge is 0.315 e. The minimum atomic E-state index is -4.58. The van der Waals surface area contributed by atoms with Crippen molar-refractivity contribution in [2.75, 3.05) is 13.1 Å². The van der Waals surface area contributed by atoms with Crippen LogP contribution in [0.4, 0.5) is 17.6 Å². The summed E-state index contributed by atoms with van der Waals surface area (Å²) >= 11 is 5.73. The van der Waals surface area contributed by atoms with Crippen LogP contribution in [-0.2, 0) is 9.59 Å². The molecule has 132 valence electrons. The van der Waals surface area contributed by atoms with E-state index in [9.17, 15) is 27.2 Å². The van der Waals surface area contributed by atoms with Gasteiger partial charge in [0.1, 0.15) is 5.82 Å². The average Bonchev–Trinajstić information content (AvgIpc) is 2.45. The molecule has 4 nitrogen and oxygen atoms in total. The van der Waals surface area contributed by atoms with E-state index in [-0.39, 0.29) is 35.9 Å². The summed E-state index contributed by atoms with van der Waals surface area (Å²) in [7, 11) is 0. The number of amides is 2. The fourth-order valence-electron chi connectivity index (χ4n) is 2.52. The molecule has 2 N–H and O–H groups in total. The Bertz CT molecular complexity index is 636. The number of rotatable bonds is 5. The molecule has 2 unspecified atom stereocenters. The molecule has 0 bridgehead atoms. The number of imide groups is 1. The maximum Gasteiger partial charge on any atom is 0.397 e. The molecule has 2 rings (SSSR count). The normalized spacial score (nSPS) is 20.0. The zero-order chi connectivity index (χ0) is 17.9. The molecule has 9 heteroatoms. The molecule has 1 aromatic carbocycles. The van der Waals surface area contributed by atoms with Gasteiger partial charge in [0, 0.05) is 24.5 Å². The van der Waals surface area contributed by atoms with Crippen LogP contribution in [0.5, 0.6) is 0 Å². The van der Waals surface area contributed by atoms with Crippen LogP contribution >= 0.6 is 11.6 Å². The van der Waals surface area contributed by atoms with E-state index in [1.54, 1.807) is 0 Å². The van der Waals surface area contributed by atoms with Crippen LogP contribution in [0.25, 0.3) is 0 Å². The standard InChI is InChI=1S/C15H15ClF4N2O2/c16-12-5-9(17)2-3-10(12)11(15(18,19)20)7-21-6-8-1-4-13(23)22-14(8)24/h2-3,5,8,11,21H,1,4,6-7H2,(H,22,23,24). The Hall–Kier alpha value is -1.67. The van der Waals surface area contributed by atoms with Crippen molar-refractivity contribution < 1.29 is 27.2 Å². The Morgan fingerprint density at radius 1 is 1.33 bits per heavy atom. The topological polar surface area (TPSA) is 58.2 Å². The third kappa shape index (κ3) is 4.67. The first kappa shape index (κ1) is 18.7. The molecule has 0 aromatic heterocycles. The zero-order valence-electron chi connectivity index (χ0n) is 12.4. The van der Waals surface area contributed by atoms with Crippen molar-refractivity contribution in [2.45, 2.75) is 24.9 Å². The van der Waals surface area contributed by atoms with Gasteiger partial charge in [0.2, 0.25) is 11.8 Å². The summed E-state index contributed by atoms with van der Waals surface area (Å²) in [6.07, 6.45) is -4.14. The van der Waals surface area contributed by atoms with Crippen molar-refractivity contribution in [3.8, 4) is 0 Å². The van der Waals surface area contributed by atoms with Gasteiger partial charge in [-0.15, -0.1) is 0 Å². The summed E-state index contributed by atoms with van der Waals surface area (Å²) < 4.78 is 52.8. The molecule has 0 saturated carbocycles. The van der Waals surface area contributed by atoms with Gasteiger partial charge < -0.3 is 5.32 Å². The molecule has 0 aliphatic carbocycles. The van der Waals surface area contributed by atoms with Crippen molar-refractivity contribution >= 4 is 23.4 Å². The van der Waals surface area contributed by atoms with E-state index in [2.05, 4.69) is 10.6 Å². The van der Waals surface area contributed by atoms with Gasteiger partial charge in [-0.3, -0.25) is 14.9 Å². The first-order valence-electron chi connectivity index (χ1n) is 7.24. The summed E-state index contributed by atoms with van der Waals surface area (Å²) in [6.45, 7) is -0.503. The molecule has 1 aliphatic heterocycles. The quantitative estimate of drug-likeness (QED) is 0.622. The molecule has 1 aromatic rings. The van der Waals surface area contributed by atoms with Crippen molar-refractivity contribution in [3.63, 3.8) is 0 Å². The lowest BCUT2D eigenvalue weighted by Crippen LogP contribution is -2.45. The second-order valence-corrected chi connectivity index (χ2v) is 5.97. The van der Waals surface area contributed by atoms with Gasteiger partial charge in [0.05, 0.1) is 11.8 Å². The van der Waals surface area contributed by atoms with Crippen LogP contribution in [0.2, 0.25) is 5.02 Å². The van der Waals surface area contributed by atoms with Crippen LogP contribution < -0.4 is 10.6 Å². The third-order valence-corrected chi connectivity index (χ3v) is 4.15. The molecule has 1 saturated heterocycles. The second kappa shape index (κ2) is 7.48. The number of hydrogen-bond donors (Lipinski definition) is 2. The fraction of sp³-hybridized carbons (Fsp3) is 0.467. The molecule has 1 fully saturated rings. The minimum absolute atomic E-state index is 0.00447. The number of carbonyl (C=O) groups excluding carboxylic acids is 2. The maximum absolute atomic E-state index is 13.3. The molecular weight excluding hydrogens is 352 g/mol. The fourth-order valence-corrected chi connectivity index (χ4v) is 2.82. The number of halogens is 5. The van der Waals surface area contributed by atoms with Crippen LogP contribution in [0.15, 0.2) is 18.2 Å². The molecule has 1 heterocycles. The van der Waals surface area contributed by atoms with Gasteiger partial charge in [0.15, 0.2) is 0 Å². The molecule has 0 spiro atoms. The lowest BCUT2D eigenvalue weighted by molar-refractivity contribution is -0.149. The first-order valence-corrected chi connectivity index (χ1v) is 7.62. The Morgan fingerprint density at radius 2 is 2.04 bits per heavy atom.